The maximum absolute atomic E-state index is 12.2. The second-order valence-corrected chi connectivity index (χ2v) is 4.07. The Balaban J connectivity index is 2.19. The number of hydrogen-bond acceptors (Lipinski definition) is 4. The summed E-state index contributed by atoms with van der Waals surface area (Å²) in [6.07, 6.45) is 6.98. The summed E-state index contributed by atoms with van der Waals surface area (Å²) in [5.41, 5.74) is 2.66. The van der Waals surface area contributed by atoms with Crippen molar-refractivity contribution in [2.75, 3.05) is 20.4 Å². The molecule has 1 N–H and O–H groups in total. The SMILES string of the molecule is C#CCN(COC)C(=O)c1cc2c(cn1)CNC2. The predicted octanol–water partition coefficient (Wildman–Crippen LogP) is 0.364. The highest BCUT2D eigenvalue weighted by Crippen LogP contribution is 2.15. The van der Waals surface area contributed by atoms with Crippen LogP contribution in [0.15, 0.2) is 12.3 Å². The largest absolute Gasteiger partial charge is 0.364 e. The Hall–Kier alpha value is -1.90. The van der Waals surface area contributed by atoms with Crippen molar-refractivity contribution in [3.63, 3.8) is 0 Å². The number of nitrogens with one attached hydrogen (secondary N) is 1. The molecule has 1 aromatic heterocycles. The fraction of sp³-hybridized carbons (Fsp3) is 0.385. The number of carbonyl (C=O) groups excluding carboxylic acids is 1. The number of aromatic nitrogens is 1. The lowest BCUT2D eigenvalue weighted by Gasteiger charge is -2.18. The zero-order chi connectivity index (χ0) is 13.0. The molecule has 0 radical (unpaired) electrons. The first-order valence-electron chi connectivity index (χ1n) is 5.66. The summed E-state index contributed by atoms with van der Waals surface area (Å²) >= 11 is 0. The molecule has 1 aliphatic heterocycles. The highest BCUT2D eigenvalue weighted by atomic mass is 16.5. The summed E-state index contributed by atoms with van der Waals surface area (Å²) in [6, 6.07) is 1.82. The molecule has 0 spiro atoms. The van der Waals surface area contributed by atoms with Crippen molar-refractivity contribution >= 4 is 5.91 Å². The van der Waals surface area contributed by atoms with Gasteiger partial charge in [-0.1, -0.05) is 5.92 Å². The Morgan fingerprint density at radius 2 is 2.39 bits per heavy atom. The third-order valence-electron chi connectivity index (χ3n) is 2.79. The van der Waals surface area contributed by atoms with Crippen LogP contribution in [0.1, 0.15) is 21.6 Å². The molecule has 1 aliphatic rings. The number of nitrogens with zero attached hydrogens (tertiary/aromatic N) is 2. The summed E-state index contributed by atoms with van der Waals surface area (Å²) < 4.78 is 4.96. The molecule has 18 heavy (non-hydrogen) atoms. The molecule has 1 aromatic rings. The number of terminal acetylenes is 1. The summed E-state index contributed by atoms with van der Waals surface area (Å²) in [5, 5.41) is 3.21. The van der Waals surface area contributed by atoms with Gasteiger partial charge in [0.15, 0.2) is 0 Å². The molecule has 0 aliphatic carbocycles. The molecule has 1 amide bonds. The average Bonchev–Trinajstić information content (AvgIpc) is 2.84. The van der Waals surface area contributed by atoms with Crippen molar-refractivity contribution in [2.24, 2.45) is 0 Å². The Morgan fingerprint density at radius 1 is 1.61 bits per heavy atom. The summed E-state index contributed by atoms with van der Waals surface area (Å²) in [6.45, 7) is 1.96. The fourth-order valence-corrected chi connectivity index (χ4v) is 1.90. The van der Waals surface area contributed by atoms with E-state index in [1.807, 2.05) is 6.07 Å². The second-order valence-electron chi connectivity index (χ2n) is 4.07. The zero-order valence-corrected chi connectivity index (χ0v) is 10.3. The minimum Gasteiger partial charge on any atom is -0.364 e. The Kier molecular flexibility index (Phi) is 3.92. The Bertz CT molecular complexity index is 493. The van der Waals surface area contributed by atoms with Crippen LogP contribution >= 0.6 is 0 Å². The van der Waals surface area contributed by atoms with Crippen LogP contribution < -0.4 is 5.32 Å². The molecule has 2 rings (SSSR count). The summed E-state index contributed by atoms with van der Waals surface area (Å²) in [7, 11) is 1.52. The highest BCUT2D eigenvalue weighted by molar-refractivity contribution is 5.92. The molecule has 94 valence electrons. The lowest BCUT2D eigenvalue weighted by Crippen LogP contribution is -2.33. The lowest BCUT2D eigenvalue weighted by atomic mass is 10.1. The first-order valence-corrected chi connectivity index (χ1v) is 5.66. The van der Waals surface area contributed by atoms with Gasteiger partial charge in [-0.25, -0.2) is 0 Å². The number of pyridine rings is 1. The van der Waals surface area contributed by atoms with Crippen LogP contribution in [-0.2, 0) is 17.8 Å². The first-order chi connectivity index (χ1) is 8.76. The van der Waals surface area contributed by atoms with E-state index in [0.717, 1.165) is 24.2 Å². The number of carbonyl (C=O) groups is 1. The van der Waals surface area contributed by atoms with Gasteiger partial charge in [-0.3, -0.25) is 9.78 Å². The van der Waals surface area contributed by atoms with E-state index in [9.17, 15) is 4.79 Å². The van der Waals surface area contributed by atoms with Crippen LogP contribution in [-0.4, -0.2) is 36.2 Å². The molecule has 5 heteroatoms. The number of methoxy groups -OCH3 is 1. The zero-order valence-electron chi connectivity index (χ0n) is 10.3. The van der Waals surface area contributed by atoms with Gasteiger partial charge in [0.2, 0.25) is 0 Å². The van der Waals surface area contributed by atoms with Gasteiger partial charge in [-0.15, -0.1) is 6.42 Å². The third-order valence-corrected chi connectivity index (χ3v) is 2.79. The minimum atomic E-state index is -0.204. The second kappa shape index (κ2) is 5.63. The summed E-state index contributed by atoms with van der Waals surface area (Å²) in [5.74, 6) is 2.24. The van der Waals surface area contributed by atoms with E-state index < -0.39 is 0 Å². The quantitative estimate of drug-likeness (QED) is 0.615. The molecule has 0 saturated heterocycles. The van der Waals surface area contributed by atoms with Crippen LogP contribution in [0.25, 0.3) is 0 Å². The Labute approximate surface area is 106 Å². The van der Waals surface area contributed by atoms with E-state index in [0.29, 0.717) is 5.69 Å². The normalized spacial score (nSPS) is 12.9. The van der Waals surface area contributed by atoms with E-state index in [1.165, 1.54) is 12.0 Å². The number of hydrogen-bond donors (Lipinski definition) is 1. The highest BCUT2D eigenvalue weighted by Gasteiger charge is 2.19. The Morgan fingerprint density at radius 3 is 3.11 bits per heavy atom. The van der Waals surface area contributed by atoms with Crippen LogP contribution in [0.4, 0.5) is 0 Å². The van der Waals surface area contributed by atoms with Gasteiger partial charge in [-0.2, -0.15) is 0 Å². The van der Waals surface area contributed by atoms with Crippen molar-refractivity contribution in [1.82, 2.24) is 15.2 Å². The van der Waals surface area contributed by atoms with Crippen LogP contribution in [0, 0.1) is 12.3 Å². The molecular formula is C13H15N3O2. The van der Waals surface area contributed by atoms with Gasteiger partial charge in [0.1, 0.15) is 12.4 Å². The van der Waals surface area contributed by atoms with Crippen LogP contribution in [0.3, 0.4) is 0 Å². The first kappa shape index (κ1) is 12.6. The van der Waals surface area contributed by atoms with E-state index in [2.05, 4.69) is 16.2 Å². The van der Waals surface area contributed by atoms with Gasteiger partial charge in [-0.05, 0) is 17.2 Å². The van der Waals surface area contributed by atoms with Gasteiger partial charge in [0, 0.05) is 26.4 Å². The third kappa shape index (κ3) is 2.50. The van der Waals surface area contributed by atoms with Gasteiger partial charge in [0.05, 0.1) is 6.54 Å². The predicted molar refractivity (Wildman–Crippen MR) is 66.5 cm³/mol. The average molecular weight is 245 g/mol. The van der Waals surface area contributed by atoms with E-state index in [4.69, 9.17) is 11.2 Å². The lowest BCUT2D eigenvalue weighted by molar-refractivity contribution is 0.0460. The van der Waals surface area contributed by atoms with E-state index in [-0.39, 0.29) is 19.2 Å². The molecule has 5 nitrogen and oxygen atoms in total. The van der Waals surface area contributed by atoms with Crippen molar-refractivity contribution in [3.8, 4) is 12.3 Å². The molecular weight excluding hydrogens is 230 g/mol. The van der Waals surface area contributed by atoms with Gasteiger partial charge in [0.25, 0.3) is 5.91 Å². The number of ether oxygens (including phenoxy) is 1. The molecule has 0 saturated carbocycles. The molecule has 0 bridgehead atoms. The molecule has 2 heterocycles. The molecule has 0 unspecified atom stereocenters. The molecule has 0 atom stereocenters. The summed E-state index contributed by atoms with van der Waals surface area (Å²) in [4.78, 5) is 17.8. The fourth-order valence-electron chi connectivity index (χ4n) is 1.90. The van der Waals surface area contributed by atoms with Crippen molar-refractivity contribution in [2.45, 2.75) is 13.1 Å². The standard InChI is InChI=1S/C13H15N3O2/c1-3-4-16(9-18-2)13(17)12-5-10-6-14-7-11(10)8-15-12/h1,5,8,14H,4,6-7,9H2,2H3. The smallest absolute Gasteiger partial charge is 0.275 e. The van der Waals surface area contributed by atoms with E-state index in [1.54, 1.807) is 6.20 Å². The van der Waals surface area contributed by atoms with Crippen molar-refractivity contribution in [1.29, 1.82) is 0 Å². The maximum atomic E-state index is 12.2. The molecule has 0 fully saturated rings. The topological polar surface area (TPSA) is 54.5 Å². The monoisotopic (exact) mass is 245 g/mol. The van der Waals surface area contributed by atoms with Crippen molar-refractivity contribution < 1.29 is 9.53 Å². The number of amides is 1. The van der Waals surface area contributed by atoms with Crippen LogP contribution in [0.5, 0.6) is 0 Å². The van der Waals surface area contributed by atoms with E-state index >= 15 is 0 Å². The van der Waals surface area contributed by atoms with Crippen LogP contribution in [0.2, 0.25) is 0 Å². The maximum Gasteiger partial charge on any atom is 0.275 e. The number of fused-ring (bicyclic) bond motifs is 1. The number of rotatable bonds is 4. The van der Waals surface area contributed by atoms with Gasteiger partial charge < -0.3 is 15.0 Å². The molecule has 0 aromatic carbocycles. The van der Waals surface area contributed by atoms with Gasteiger partial charge >= 0.3 is 0 Å². The van der Waals surface area contributed by atoms with Crippen molar-refractivity contribution in [3.05, 3.63) is 29.1 Å². The minimum absolute atomic E-state index is 0.167.